The van der Waals surface area contributed by atoms with Crippen LogP contribution in [-0.2, 0) is 0 Å². The summed E-state index contributed by atoms with van der Waals surface area (Å²) in [5.41, 5.74) is 30.1. The van der Waals surface area contributed by atoms with Crippen molar-refractivity contribution >= 4 is 131 Å². The lowest BCUT2D eigenvalue weighted by atomic mass is 9.98. The van der Waals surface area contributed by atoms with Gasteiger partial charge < -0.3 is 27.1 Å². The van der Waals surface area contributed by atoms with Crippen LogP contribution < -0.4 is 9.13 Å². The Morgan fingerprint density at radius 2 is 0.556 bits per heavy atom. The lowest BCUT2D eigenvalue weighted by Crippen LogP contribution is -2.37. The summed E-state index contributed by atoms with van der Waals surface area (Å²) < 4.78 is 27.0. The molecule has 0 unspecified atom stereocenters. The Morgan fingerprint density at radius 1 is 0.225 bits per heavy atom. The van der Waals surface area contributed by atoms with E-state index in [0.717, 1.165) is 232 Å². The third kappa shape index (κ3) is 13.2. The van der Waals surface area contributed by atoms with Crippen LogP contribution in [0.3, 0.4) is 0 Å². The van der Waals surface area contributed by atoms with Gasteiger partial charge in [0.2, 0.25) is 12.7 Å². The molecule has 0 saturated carbocycles. The number of nitriles is 2. The largest absolute Gasteiger partial charge is 0.454 e. The van der Waals surface area contributed by atoms with Gasteiger partial charge in [-0.15, -0.1) is 0 Å². The maximum absolute atomic E-state index is 10.7. The van der Waals surface area contributed by atoms with Crippen molar-refractivity contribution in [2.45, 2.75) is 0 Å². The monoisotopic (exact) mass is 1810 g/mol. The van der Waals surface area contributed by atoms with Crippen LogP contribution in [0.1, 0.15) is 11.1 Å². The molecule has 0 spiro atoms. The van der Waals surface area contributed by atoms with Crippen LogP contribution in [0.2, 0.25) is 0 Å². The molecule has 0 aliphatic carbocycles. The maximum atomic E-state index is 10.7. The fraction of sp³-hybridized carbons (Fsp3) is 0. The molecule has 0 bridgehead atoms. The van der Waals surface area contributed by atoms with Gasteiger partial charge in [0.15, 0.2) is 11.2 Å². The summed E-state index contributed by atoms with van der Waals surface area (Å²) in [5.74, 6) is 2.53. The van der Waals surface area contributed by atoms with Crippen molar-refractivity contribution in [1.29, 1.82) is 10.5 Å². The maximum Gasteiger partial charge on any atom is 0.308 e. The molecule has 14 heteroatoms. The van der Waals surface area contributed by atoms with E-state index >= 15 is 0 Å². The first-order chi connectivity index (χ1) is 70.4. The van der Waals surface area contributed by atoms with Gasteiger partial charge in [-0.25, -0.2) is 0 Å². The van der Waals surface area contributed by atoms with Crippen LogP contribution in [0, 0.1) is 22.7 Å². The molecule has 28 rings (SSSR count). The summed E-state index contributed by atoms with van der Waals surface area (Å²) in [5, 5.41) is 34.5. The Labute approximate surface area is 813 Å². The summed E-state index contributed by atoms with van der Waals surface area (Å²) >= 11 is 0. The molecule has 0 amide bonds. The quantitative estimate of drug-likeness (QED) is 0.0976. The first-order valence-corrected chi connectivity index (χ1v) is 47.4. The molecular weight excluding hydrogens is 1740 g/mol. The highest BCUT2D eigenvalue weighted by Crippen LogP contribution is 2.49. The van der Waals surface area contributed by atoms with E-state index in [4.69, 9.17) is 28.8 Å². The van der Waals surface area contributed by atoms with E-state index < -0.39 is 0 Å². The van der Waals surface area contributed by atoms with Crippen LogP contribution in [0.25, 0.3) is 255 Å². The molecule has 0 atom stereocenters. The zero-order valence-corrected chi connectivity index (χ0v) is 76.2. The lowest BCUT2D eigenvalue weighted by Gasteiger charge is -2.16. The van der Waals surface area contributed by atoms with Crippen molar-refractivity contribution in [3.63, 3.8) is 0 Å². The molecule has 8 heterocycles. The Hall–Kier alpha value is -19.8. The first kappa shape index (κ1) is 81.7. The molecule has 0 radical (unpaired) electrons. The van der Waals surface area contributed by atoms with Gasteiger partial charge in [-0.2, -0.15) is 19.7 Å². The summed E-state index contributed by atoms with van der Waals surface area (Å²) in [6.45, 7) is 0. The third-order valence-corrected chi connectivity index (χ3v) is 27.9. The Morgan fingerprint density at radius 3 is 0.993 bits per heavy atom. The molecule has 0 N–H and O–H groups in total. The number of benzene rings is 20. The van der Waals surface area contributed by atoms with Crippen molar-refractivity contribution < 1.29 is 18.0 Å². The van der Waals surface area contributed by atoms with Crippen molar-refractivity contribution in [3.05, 3.63) is 485 Å². The van der Waals surface area contributed by atoms with Crippen LogP contribution in [0.15, 0.2) is 483 Å². The molecular formula is C128H78N12O2+2. The predicted octanol–water partition coefficient (Wildman–Crippen LogP) is 30.8. The third-order valence-electron chi connectivity index (χ3n) is 27.9. The van der Waals surface area contributed by atoms with Crippen LogP contribution >= 0.6 is 0 Å². The normalized spacial score (nSPS) is 11.6. The number of hydrogen-bond donors (Lipinski definition) is 0. The molecule has 20 aromatic carbocycles. The minimum Gasteiger partial charge on any atom is -0.454 e. The highest BCUT2D eigenvalue weighted by Gasteiger charge is 2.33. The van der Waals surface area contributed by atoms with E-state index in [0.29, 0.717) is 34.4 Å². The zero-order chi connectivity index (χ0) is 94.0. The minimum absolute atomic E-state index is 0.512. The molecule has 8 aromatic heterocycles. The molecule has 0 aliphatic rings. The minimum atomic E-state index is 0.512. The summed E-state index contributed by atoms with van der Waals surface area (Å²) in [4.78, 5) is 21.5. The predicted molar refractivity (Wildman–Crippen MR) is 572 cm³/mol. The SMILES string of the molecule is N#Cc1ccc(-n2c3ccccc3c3ccc4c(c5ccccc5n4-c4cccc5c4oc4ccccc45)c32)c(-[n+]2cnc(-c3ccccc3-c3ccccc3)nc2-c2ccc(-c3ccccc3)cc2)c1.N#Cc1ccc(-n2c3ccccc3c3ccc4c(c5ccccc5n4-c4cccc5c4oc4ccccc45)c32)c(-[n+]2cnc(-c3ccccc3-c3ccccc3)nc2-c2ccccc2-c2ccccc2)c1. The number of hydrogen-bond acceptors (Lipinski definition) is 8. The average Bonchev–Trinajstić information content (AvgIpc) is 1.54. The van der Waals surface area contributed by atoms with Gasteiger partial charge in [-0.05, 0) is 172 Å². The highest BCUT2D eigenvalue weighted by atomic mass is 16.3. The Balaban J connectivity index is 0.000000142. The van der Waals surface area contributed by atoms with Crippen molar-refractivity contribution in [1.82, 2.24) is 38.2 Å². The molecule has 28 aromatic rings. The highest BCUT2D eigenvalue weighted by molar-refractivity contribution is 6.29. The average molecular weight is 1820 g/mol. The zero-order valence-electron chi connectivity index (χ0n) is 76.2. The fourth-order valence-corrected chi connectivity index (χ4v) is 21.6. The van der Waals surface area contributed by atoms with E-state index in [2.05, 4.69) is 416 Å². The van der Waals surface area contributed by atoms with Gasteiger partial charge >= 0.3 is 11.6 Å². The second kappa shape index (κ2) is 33.6. The van der Waals surface area contributed by atoms with Gasteiger partial charge in [0.1, 0.15) is 22.5 Å². The number of nitrogens with zero attached hydrogens (tertiary/aromatic N) is 12. The van der Waals surface area contributed by atoms with E-state index in [-0.39, 0.29) is 0 Å². The number of rotatable bonds is 14. The number of furan rings is 2. The van der Waals surface area contributed by atoms with Gasteiger partial charge in [-0.1, -0.05) is 354 Å². The molecule has 0 saturated heterocycles. The fourth-order valence-electron chi connectivity index (χ4n) is 21.6. The van der Waals surface area contributed by atoms with Gasteiger partial charge in [-0.3, -0.25) is 0 Å². The van der Waals surface area contributed by atoms with E-state index in [1.807, 2.05) is 97.6 Å². The summed E-state index contributed by atoms with van der Waals surface area (Å²) in [6, 6.07) is 165. The lowest BCUT2D eigenvalue weighted by molar-refractivity contribution is -0.590. The number of fused-ring (bicyclic) bond motifs is 20. The van der Waals surface area contributed by atoms with E-state index in [9.17, 15) is 10.5 Å². The topological polar surface area (TPSA) is 153 Å². The Kier molecular flexibility index (Phi) is 19.4. The molecule has 14 nitrogen and oxygen atoms in total. The molecule has 660 valence electrons. The standard InChI is InChI=1S/2C64H39N6O/c65-39-41-34-36-55(58(38-41)68-40-66-63(50-26-9-7-22-44(50)42-18-3-1-4-19-42)67-64(68)51-27-10-8-23-45(51)43-20-5-2-6-21-43)70-53-30-14-11-24-46(53)48-35-37-56-60(61(48)70)52-28-12-15-31-54(52)69(56)57-32-17-29-49-47-25-13-16-33-59(47)71-62(49)57;65-39-41-30-36-55(58(38-41)68-40-66-63(51-23-8-7-20-46(51)44-18-5-2-6-19-44)67-64(68)45-33-31-43(32-34-45)42-16-3-1-4-17-42)70-53-26-12-9-21-47(53)49-35-37-56-60(61(49)70)52-24-10-13-27-54(52)69(56)57-28-15-25-50-48-22-11-14-29-59(48)71-62(50)57/h2*1-38,40H/q2*+1. The molecule has 0 fully saturated rings. The number of para-hydroxylation sites is 8. The van der Waals surface area contributed by atoms with Crippen molar-refractivity contribution in [2.75, 3.05) is 0 Å². The van der Waals surface area contributed by atoms with Gasteiger partial charge in [0, 0.05) is 64.6 Å². The van der Waals surface area contributed by atoms with Crippen molar-refractivity contribution in [3.8, 4) is 136 Å². The van der Waals surface area contributed by atoms with E-state index in [1.54, 1.807) is 0 Å². The summed E-state index contributed by atoms with van der Waals surface area (Å²) in [6.07, 6.45) is 3.75. The van der Waals surface area contributed by atoms with Crippen LogP contribution in [0.4, 0.5) is 0 Å². The van der Waals surface area contributed by atoms with E-state index in [1.165, 1.54) is 0 Å². The molecule has 142 heavy (non-hydrogen) atoms. The Bertz CT molecular complexity index is 10100. The smallest absolute Gasteiger partial charge is 0.308 e. The van der Waals surface area contributed by atoms with Crippen molar-refractivity contribution in [2.24, 2.45) is 0 Å². The summed E-state index contributed by atoms with van der Waals surface area (Å²) in [7, 11) is 0. The van der Waals surface area contributed by atoms with Crippen LogP contribution in [0.5, 0.6) is 0 Å². The second-order valence-electron chi connectivity index (χ2n) is 35.7. The second-order valence-corrected chi connectivity index (χ2v) is 35.7. The van der Waals surface area contributed by atoms with Crippen LogP contribution in [-0.4, -0.2) is 38.2 Å². The first-order valence-electron chi connectivity index (χ1n) is 47.4. The molecule has 0 aliphatic heterocycles. The number of aromatic nitrogens is 10. The van der Waals surface area contributed by atoms with Gasteiger partial charge in [0.05, 0.1) is 112 Å². The van der Waals surface area contributed by atoms with Gasteiger partial charge in [0.25, 0.3) is 11.6 Å².